The van der Waals surface area contributed by atoms with E-state index in [1.165, 1.54) is 27.8 Å². The number of hydrogen-bond donors (Lipinski definition) is 0. The summed E-state index contributed by atoms with van der Waals surface area (Å²) in [6.45, 7) is 2.50. The van der Waals surface area contributed by atoms with Crippen molar-refractivity contribution in [2.45, 2.75) is 24.3 Å². The first-order chi connectivity index (χ1) is 10.5. The van der Waals surface area contributed by atoms with Gasteiger partial charge in [-0.1, -0.05) is 0 Å². The van der Waals surface area contributed by atoms with Crippen molar-refractivity contribution in [1.29, 1.82) is 0 Å². The van der Waals surface area contributed by atoms with Crippen LogP contribution in [0.2, 0.25) is 0 Å². The molecule has 118 valence electrons. The fourth-order valence-corrected chi connectivity index (χ4v) is 5.20. The van der Waals surface area contributed by atoms with Crippen LogP contribution in [0.5, 0.6) is 0 Å². The van der Waals surface area contributed by atoms with Gasteiger partial charge < -0.3 is 4.74 Å². The molecule has 0 N–H and O–H groups in total. The van der Waals surface area contributed by atoms with Crippen LogP contribution in [0.15, 0.2) is 39.9 Å². The van der Waals surface area contributed by atoms with E-state index in [1.807, 2.05) is 0 Å². The van der Waals surface area contributed by atoms with E-state index in [0.717, 1.165) is 0 Å². The van der Waals surface area contributed by atoms with Crippen LogP contribution in [0.4, 0.5) is 10.1 Å². The van der Waals surface area contributed by atoms with Crippen molar-refractivity contribution in [2.24, 2.45) is 0 Å². The van der Waals surface area contributed by atoms with Gasteiger partial charge >= 0.3 is 0 Å². The quantitative estimate of drug-likeness (QED) is 0.858. The fourth-order valence-electron chi connectivity index (χ4n) is 2.53. The molecule has 1 atom stereocenters. The molecule has 1 fully saturated rings. The molecule has 2 aromatic rings. The summed E-state index contributed by atoms with van der Waals surface area (Å²) >= 11 is 1.33. The molecular weight excluding hydrogens is 325 g/mol. The zero-order valence-corrected chi connectivity index (χ0v) is 13.7. The van der Waals surface area contributed by atoms with Crippen molar-refractivity contribution in [3.05, 3.63) is 46.4 Å². The summed E-state index contributed by atoms with van der Waals surface area (Å²) in [6.07, 6.45) is 0.625. The van der Waals surface area contributed by atoms with E-state index in [0.29, 0.717) is 30.9 Å². The SMILES string of the molecule is Cc1cc(N([C@H]2CCOC2)S(=O)(=O)c2ccsc2)ccc1F. The second kappa shape index (κ2) is 5.98. The molecular formula is C15H16FNO3S2. The molecule has 1 aromatic heterocycles. The predicted octanol–water partition coefficient (Wildman–Crippen LogP) is 3.18. The Morgan fingerprint density at radius 1 is 1.36 bits per heavy atom. The van der Waals surface area contributed by atoms with Crippen molar-refractivity contribution < 1.29 is 17.5 Å². The zero-order chi connectivity index (χ0) is 15.7. The van der Waals surface area contributed by atoms with E-state index in [1.54, 1.807) is 29.8 Å². The molecule has 1 aromatic carbocycles. The Bertz CT molecular complexity index is 753. The van der Waals surface area contributed by atoms with Gasteiger partial charge in [0.15, 0.2) is 0 Å². The fraction of sp³-hybridized carbons (Fsp3) is 0.333. The van der Waals surface area contributed by atoms with E-state index in [4.69, 9.17) is 4.74 Å². The molecule has 1 aliphatic rings. The molecule has 0 amide bonds. The second-order valence-electron chi connectivity index (χ2n) is 5.21. The molecule has 4 nitrogen and oxygen atoms in total. The summed E-state index contributed by atoms with van der Waals surface area (Å²) in [5, 5.41) is 3.33. The van der Waals surface area contributed by atoms with Crippen LogP contribution in [-0.2, 0) is 14.8 Å². The number of thiophene rings is 1. The first kappa shape index (κ1) is 15.5. The number of sulfonamides is 1. The number of halogens is 1. The van der Waals surface area contributed by atoms with Crippen LogP contribution < -0.4 is 4.31 Å². The van der Waals surface area contributed by atoms with Gasteiger partial charge in [-0.2, -0.15) is 11.3 Å². The molecule has 2 heterocycles. The van der Waals surface area contributed by atoms with E-state index < -0.39 is 10.0 Å². The molecule has 7 heteroatoms. The second-order valence-corrected chi connectivity index (χ2v) is 7.81. The lowest BCUT2D eigenvalue weighted by Gasteiger charge is -2.29. The van der Waals surface area contributed by atoms with Crippen molar-refractivity contribution in [2.75, 3.05) is 17.5 Å². The van der Waals surface area contributed by atoms with Gasteiger partial charge in [0.25, 0.3) is 10.0 Å². The van der Waals surface area contributed by atoms with E-state index >= 15 is 0 Å². The Balaban J connectivity index is 2.09. The number of nitrogens with zero attached hydrogens (tertiary/aromatic N) is 1. The van der Waals surface area contributed by atoms with E-state index in [9.17, 15) is 12.8 Å². The van der Waals surface area contributed by atoms with Crippen LogP contribution in [0.3, 0.4) is 0 Å². The smallest absolute Gasteiger partial charge is 0.265 e. The molecule has 1 saturated heterocycles. The molecule has 0 bridgehead atoms. The van der Waals surface area contributed by atoms with E-state index in [2.05, 4.69) is 0 Å². The standard InChI is InChI=1S/C15H16FNO3S2/c1-11-8-12(2-3-15(11)16)17(13-4-6-20-9-13)22(18,19)14-5-7-21-10-14/h2-3,5,7-8,10,13H,4,6,9H2,1H3/t13-/m0/s1. The average molecular weight is 341 g/mol. The lowest BCUT2D eigenvalue weighted by Crippen LogP contribution is -2.40. The first-order valence-corrected chi connectivity index (χ1v) is 9.29. The minimum absolute atomic E-state index is 0.256. The normalized spacial score (nSPS) is 18.5. The van der Waals surface area contributed by atoms with Crippen LogP contribution in [-0.4, -0.2) is 27.7 Å². The number of aryl methyl sites for hydroxylation is 1. The maximum atomic E-state index is 13.5. The molecule has 0 aliphatic carbocycles. The minimum Gasteiger partial charge on any atom is -0.379 e. The minimum atomic E-state index is -3.68. The zero-order valence-electron chi connectivity index (χ0n) is 12.0. The summed E-state index contributed by atoms with van der Waals surface area (Å²) in [7, 11) is -3.68. The van der Waals surface area contributed by atoms with Crippen molar-refractivity contribution >= 4 is 27.0 Å². The molecule has 0 radical (unpaired) electrons. The topological polar surface area (TPSA) is 46.6 Å². The summed E-state index contributed by atoms with van der Waals surface area (Å²) in [6, 6.07) is 5.69. The molecule has 0 unspecified atom stereocenters. The van der Waals surface area contributed by atoms with Gasteiger partial charge in [-0.15, -0.1) is 0 Å². The molecule has 0 spiro atoms. The maximum Gasteiger partial charge on any atom is 0.265 e. The lowest BCUT2D eigenvalue weighted by molar-refractivity contribution is 0.194. The molecule has 3 rings (SSSR count). The van der Waals surface area contributed by atoms with Crippen LogP contribution in [0, 0.1) is 12.7 Å². The summed E-state index contributed by atoms with van der Waals surface area (Å²) in [5.74, 6) is -0.348. The highest BCUT2D eigenvalue weighted by Crippen LogP contribution is 2.31. The van der Waals surface area contributed by atoms with Crippen LogP contribution in [0.25, 0.3) is 0 Å². The van der Waals surface area contributed by atoms with Gasteiger partial charge in [0, 0.05) is 12.0 Å². The van der Waals surface area contributed by atoms with Gasteiger partial charge in [-0.3, -0.25) is 4.31 Å². The van der Waals surface area contributed by atoms with Crippen molar-refractivity contribution in [3.8, 4) is 0 Å². The Labute approximate surface area is 133 Å². The predicted molar refractivity (Wildman–Crippen MR) is 84.3 cm³/mol. The first-order valence-electron chi connectivity index (χ1n) is 6.90. The average Bonchev–Trinajstić information content (AvgIpc) is 3.15. The molecule has 1 aliphatic heterocycles. The largest absolute Gasteiger partial charge is 0.379 e. The Hall–Kier alpha value is -1.44. The van der Waals surface area contributed by atoms with Crippen LogP contribution in [0.1, 0.15) is 12.0 Å². The third-order valence-corrected chi connectivity index (χ3v) is 6.39. The summed E-state index contributed by atoms with van der Waals surface area (Å²) in [5.41, 5.74) is 0.891. The monoisotopic (exact) mass is 341 g/mol. The lowest BCUT2D eigenvalue weighted by atomic mass is 10.2. The molecule has 0 saturated carbocycles. The van der Waals surface area contributed by atoms with Crippen molar-refractivity contribution in [1.82, 2.24) is 0 Å². The Morgan fingerprint density at radius 2 is 2.18 bits per heavy atom. The molecule has 22 heavy (non-hydrogen) atoms. The Kier molecular flexibility index (Phi) is 4.20. The summed E-state index contributed by atoms with van der Waals surface area (Å²) in [4.78, 5) is 0.256. The highest BCUT2D eigenvalue weighted by molar-refractivity contribution is 7.93. The number of hydrogen-bond acceptors (Lipinski definition) is 4. The van der Waals surface area contributed by atoms with Gasteiger partial charge in [0.1, 0.15) is 5.82 Å². The van der Waals surface area contributed by atoms with Crippen molar-refractivity contribution in [3.63, 3.8) is 0 Å². The van der Waals surface area contributed by atoms with Gasteiger partial charge in [0.2, 0.25) is 0 Å². The van der Waals surface area contributed by atoms with Gasteiger partial charge in [-0.05, 0) is 48.6 Å². The number of anilines is 1. The number of benzene rings is 1. The maximum absolute atomic E-state index is 13.5. The number of ether oxygens (including phenoxy) is 1. The van der Waals surface area contributed by atoms with Crippen LogP contribution >= 0.6 is 11.3 Å². The van der Waals surface area contributed by atoms with Gasteiger partial charge in [0.05, 0.1) is 23.2 Å². The highest BCUT2D eigenvalue weighted by atomic mass is 32.2. The van der Waals surface area contributed by atoms with Gasteiger partial charge in [-0.25, -0.2) is 12.8 Å². The number of rotatable bonds is 4. The third kappa shape index (κ3) is 2.76. The Morgan fingerprint density at radius 3 is 2.77 bits per heavy atom. The summed E-state index contributed by atoms with van der Waals surface area (Å²) < 4.78 is 46.2. The van der Waals surface area contributed by atoms with E-state index in [-0.39, 0.29) is 16.8 Å². The third-order valence-electron chi connectivity index (χ3n) is 3.69. The highest BCUT2D eigenvalue weighted by Gasteiger charge is 2.34.